The van der Waals surface area contributed by atoms with Crippen molar-refractivity contribution in [2.24, 2.45) is 7.05 Å². The third-order valence-electron chi connectivity index (χ3n) is 3.10. The molecule has 6 heteroatoms. The predicted octanol–water partition coefficient (Wildman–Crippen LogP) is 1.47. The van der Waals surface area contributed by atoms with Crippen molar-refractivity contribution >= 4 is 11.6 Å². The van der Waals surface area contributed by atoms with Crippen molar-refractivity contribution in [1.29, 1.82) is 0 Å². The number of nitrogens with one attached hydrogen (secondary N) is 2. The van der Waals surface area contributed by atoms with Crippen LogP contribution in [0.5, 0.6) is 0 Å². The molecule has 19 heavy (non-hydrogen) atoms. The first kappa shape index (κ1) is 13.3. The van der Waals surface area contributed by atoms with Crippen molar-refractivity contribution in [3.05, 3.63) is 30.1 Å². The van der Waals surface area contributed by atoms with Gasteiger partial charge in [0.2, 0.25) is 0 Å². The monoisotopic (exact) mass is 260 g/mol. The van der Waals surface area contributed by atoms with E-state index in [0.29, 0.717) is 0 Å². The van der Waals surface area contributed by atoms with Crippen LogP contribution in [0.25, 0.3) is 0 Å². The lowest BCUT2D eigenvalue weighted by Gasteiger charge is -2.12. The van der Waals surface area contributed by atoms with Crippen molar-refractivity contribution in [2.45, 2.75) is 19.8 Å². The molecule has 0 aromatic carbocycles. The van der Waals surface area contributed by atoms with Crippen LogP contribution in [0.2, 0.25) is 0 Å². The number of hydrogen-bond donors (Lipinski definition) is 2. The zero-order chi connectivity index (χ0) is 13.7. The van der Waals surface area contributed by atoms with E-state index in [9.17, 15) is 0 Å². The summed E-state index contributed by atoms with van der Waals surface area (Å²) < 4.78 is 2.03. The lowest BCUT2D eigenvalue weighted by Crippen LogP contribution is -2.12. The van der Waals surface area contributed by atoms with E-state index in [1.807, 2.05) is 31.1 Å². The maximum atomic E-state index is 4.31. The molecule has 2 aromatic heterocycles. The van der Waals surface area contributed by atoms with Crippen molar-refractivity contribution in [3.63, 3.8) is 0 Å². The first-order chi connectivity index (χ1) is 9.26. The largest absolute Gasteiger partial charge is 0.373 e. The molecule has 2 aromatic rings. The summed E-state index contributed by atoms with van der Waals surface area (Å²) in [5, 5.41) is 6.45. The summed E-state index contributed by atoms with van der Waals surface area (Å²) in [4.78, 5) is 12.8. The number of anilines is 2. The number of hydrogen-bond acceptors (Lipinski definition) is 5. The Hall–Kier alpha value is -2.11. The van der Waals surface area contributed by atoms with E-state index in [1.54, 1.807) is 6.33 Å². The van der Waals surface area contributed by atoms with Gasteiger partial charge in [0, 0.05) is 45.0 Å². The standard InChI is InChI=1S/C13H20N6/c1-4-10-12(14-2)17-9-18-13(10)16-6-5-11-15-7-8-19(11)3/h7-9H,4-6H2,1-3H3,(H2,14,16,17,18). The molecule has 0 aliphatic carbocycles. The van der Waals surface area contributed by atoms with Gasteiger partial charge in [-0.2, -0.15) is 0 Å². The van der Waals surface area contributed by atoms with Crippen molar-refractivity contribution in [2.75, 3.05) is 24.2 Å². The Kier molecular flexibility index (Phi) is 4.33. The molecule has 0 saturated carbocycles. The summed E-state index contributed by atoms with van der Waals surface area (Å²) >= 11 is 0. The third kappa shape index (κ3) is 3.01. The highest BCUT2D eigenvalue weighted by molar-refractivity contribution is 5.57. The van der Waals surface area contributed by atoms with E-state index in [-0.39, 0.29) is 0 Å². The molecule has 0 fully saturated rings. The van der Waals surface area contributed by atoms with Gasteiger partial charge in [0.15, 0.2) is 0 Å². The van der Waals surface area contributed by atoms with Crippen molar-refractivity contribution in [3.8, 4) is 0 Å². The number of nitrogens with zero attached hydrogens (tertiary/aromatic N) is 4. The number of aryl methyl sites for hydroxylation is 1. The van der Waals surface area contributed by atoms with Crippen LogP contribution in [0.3, 0.4) is 0 Å². The Morgan fingerprint density at radius 2 is 2.00 bits per heavy atom. The molecule has 6 nitrogen and oxygen atoms in total. The molecule has 0 aliphatic rings. The normalized spacial score (nSPS) is 10.5. The topological polar surface area (TPSA) is 67.7 Å². The van der Waals surface area contributed by atoms with Crippen LogP contribution in [0.15, 0.2) is 18.7 Å². The lowest BCUT2D eigenvalue weighted by molar-refractivity contribution is 0.787. The van der Waals surface area contributed by atoms with Gasteiger partial charge in [0.05, 0.1) is 0 Å². The molecule has 2 heterocycles. The summed E-state index contributed by atoms with van der Waals surface area (Å²) in [6.45, 7) is 2.90. The van der Waals surface area contributed by atoms with Crippen molar-refractivity contribution < 1.29 is 0 Å². The molecular weight excluding hydrogens is 240 g/mol. The summed E-state index contributed by atoms with van der Waals surface area (Å²) in [5.74, 6) is 2.85. The number of aromatic nitrogens is 4. The fourth-order valence-electron chi connectivity index (χ4n) is 2.05. The molecule has 2 N–H and O–H groups in total. The second kappa shape index (κ2) is 6.17. The Bertz CT molecular complexity index is 534. The van der Waals surface area contributed by atoms with Gasteiger partial charge in [-0.25, -0.2) is 15.0 Å². The first-order valence-electron chi connectivity index (χ1n) is 6.48. The van der Waals surface area contributed by atoms with Crippen LogP contribution in [0.4, 0.5) is 11.6 Å². The second-order valence-electron chi connectivity index (χ2n) is 4.28. The van der Waals surface area contributed by atoms with Crippen LogP contribution < -0.4 is 10.6 Å². The molecule has 0 aliphatic heterocycles. The molecule has 0 amide bonds. The van der Waals surface area contributed by atoms with Crippen LogP contribution in [0.1, 0.15) is 18.3 Å². The molecule has 0 spiro atoms. The Labute approximate surface area is 113 Å². The van der Waals surface area contributed by atoms with Gasteiger partial charge in [0.1, 0.15) is 23.8 Å². The Balaban J connectivity index is 2.01. The first-order valence-corrected chi connectivity index (χ1v) is 6.48. The van der Waals surface area contributed by atoms with Gasteiger partial charge >= 0.3 is 0 Å². The SMILES string of the molecule is CCc1c(NC)ncnc1NCCc1nccn1C. The minimum atomic E-state index is 0.804. The van der Waals surface area contributed by atoms with Crippen LogP contribution in [-0.2, 0) is 19.9 Å². The van der Waals surface area contributed by atoms with Crippen LogP contribution in [0, 0.1) is 0 Å². The Morgan fingerprint density at radius 3 is 2.63 bits per heavy atom. The van der Waals surface area contributed by atoms with Gasteiger partial charge in [-0.1, -0.05) is 6.92 Å². The van der Waals surface area contributed by atoms with E-state index in [2.05, 4.69) is 32.5 Å². The summed E-state index contributed by atoms with van der Waals surface area (Å²) in [7, 11) is 3.88. The van der Waals surface area contributed by atoms with Gasteiger partial charge in [0.25, 0.3) is 0 Å². The number of imidazole rings is 1. The average Bonchev–Trinajstić information content (AvgIpc) is 2.84. The minimum absolute atomic E-state index is 0.804. The third-order valence-corrected chi connectivity index (χ3v) is 3.10. The average molecular weight is 260 g/mol. The van der Waals surface area contributed by atoms with Gasteiger partial charge in [-0.05, 0) is 6.42 Å². The zero-order valence-electron chi connectivity index (χ0n) is 11.6. The summed E-state index contributed by atoms with van der Waals surface area (Å²) in [5.41, 5.74) is 1.12. The second-order valence-corrected chi connectivity index (χ2v) is 4.28. The molecule has 102 valence electrons. The highest BCUT2D eigenvalue weighted by Gasteiger charge is 2.08. The maximum absolute atomic E-state index is 4.31. The van der Waals surface area contributed by atoms with E-state index < -0.39 is 0 Å². The molecule has 0 unspecified atom stereocenters. The fourth-order valence-corrected chi connectivity index (χ4v) is 2.05. The Morgan fingerprint density at radius 1 is 1.21 bits per heavy atom. The predicted molar refractivity (Wildman–Crippen MR) is 76.4 cm³/mol. The number of rotatable bonds is 6. The van der Waals surface area contributed by atoms with Crippen LogP contribution in [-0.4, -0.2) is 33.1 Å². The molecule has 0 bridgehead atoms. The zero-order valence-corrected chi connectivity index (χ0v) is 11.6. The van der Waals surface area contributed by atoms with E-state index >= 15 is 0 Å². The molecule has 0 atom stereocenters. The maximum Gasteiger partial charge on any atom is 0.134 e. The summed E-state index contributed by atoms with van der Waals surface area (Å²) in [6, 6.07) is 0. The van der Waals surface area contributed by atoms with Crippen molar-refractivity contribution in [1.82, 2.24) is 19.5 Å². The quantitative estimate of drug-likeness (QED) is 0.823. The van der Waals surface area contributed by atoms with Gasteiger partial charge < -0.3 is 15.2 Å². The molecule has 2 rings (SSSR count). The highest BCUT2D eigenvalue weighted by Crippen LogP contribution is 2.19. The van der Waals surface area contributed by atoms with Gasteiger partial charge in [-0.3, -0.25) is 0 Å². The van der Waals surface area contributed by atoms with E-state index in [4.69, 9.17) is 0 Å². The fraction of sp³-hybridized carbons (Fsp3) is 0.462. The molecule has 0 radical (unpaired) electrons. The smallest absolute Gasteiger partial charge is 0.134 e. The lowest BCUT2D eigenvalue weighted by atomic mass is 10.2. The highest BCUT2D eigenvalue weighted by atomic mass is 15.1. The molecular formula is C13H20N6. The van der Waals surface area contributed by atoms with Crippen LogP contribution >= 0.6 is 0 Å². The van der Waals surface area contributed by atoms with E-state index in [1.165, 1.54) is 0 Å². The van der Waals surface area contributed by atoms with E-state index in [0.717, 1.165) is 42.4 Å². The summed E-state index contributed by atoms with van der Waals surface area (Å²) in [6.07, 6.45) is 7.11. The molecule has 0 saturated heterocycles. The minimum Gasteiger partial charge on any atom is -0.373 e. The van der Waals surface area contributed by atoms with Gasteiger partial charge in [-0.15, -0.1) is 0 Å².